The third-order valence-electron chi connectivity index (χ3n) is 4.06. The van der Waals surface area contributed by atoms with Gasteiger partial charge in [0, 0.05) is 13.1 Å². The molecule has 1 aliphatic heterocycles. The van der Waals surface area contributed by atoms with Crippen LogP contribution in [0.1, 0.15) is 30.4 Å². The van der Waals surface area contributed by atoms with Crippen molar-refractivity contribution in [3.05, 3.63) is 35.4 Å². The first kappa shape index (κ1) is 9.41. The molecular formula is C14H19N. The Balaban J connectivity index is 1.94. The van der Waals surface area contributed by atoms with E-state index in [9.17, 15) is 0 Å². The maximum atomic E-state index is 2.62. The van der Waals surface area contributed by atoms with Crippen LogP contribution in [0.3, 0.4) is 0 Å². The second-order valence-electron chi connectivity index (χ2n) is 5.05. The van der Waals surface area contributed by atoms with E-state index in [1.165, 1.54) is 32.5 Å². The van der Waals surface area contributed by atoms with Crippen molar-refractivity contribution in [1.82, 2.24) is 4.90 Å². The van der Waals surface area contributed by atoms with Gasteiger partial charge in [0.2, 0.25) is 0 Å². The van der Waals surface area contributed by atoms with Crippen LogP contribution >= 0.6 is 0 Å². The molecule has 1 heterocycles. The molecule has 0 amide bonds. The van der Waals surface area contributed by atoms with E-state index in [4.69, 9.17) is 0 Å². The van der Waals surface area contributed by atoms with Crippen molar-refractivity contribution in [1.29, 1.82) is 0 Å². The van der Waals surface area contributed by atoms with E-state index in [1.807, 2.05) is 0 Å². The lowest BCUT2D eigenvalue weighted by Gasteiger charge is -2.42. The second kappa shape index (κ2) is 3.64. The molecule has 2 bridgehead atoms. The quantitative estimate of drug-likeness (QED) is 0.675. The average molecular weight is 201 g/mol. The van der Waals surface area contributed by atoms with Crippen molar-refractivity contribution in [2.45, 2.75) is 25.7 Å². The molecule has 0 saturated carbocycles. The molecule has 1 aromatic carbocycles. The van der Waals surface area contributed by atoms with Crippen LogP contribution < -0.4 is 0 Å². The Morgan fingerprint density at radius 3 is 3.00 bits per heavy atom. The molecule has 0 radical (unpaired) electrons. The Labute approximate surface area is 92.1 Å². The van der Waals surface area contributed by atoms with Crippen molar-refractivity contribution >= 4 is 0 Å². The first-order valence-electron chi connectivity index (χ1n) is 6.17. The number of likely N-dealkylation sites (tertiary alicyclic amines) is 1. The Kier molecular flexibility index (Phi) is 2.28. The SMILES string of the molecule is CCN1CC2Cc3ccccc3C(C2)C1. The fourth-order valence-corrected chi connectivity index (χ4v) is 3.36. The summed E-state index contributed by atoms with van der Waals surface area (Å²) in [5, 5.41) is 0. The number of likely N-dealkylation sites (N-methyl/N-ethyl adjacent to an activating group) is 1. The number of nitrogens with zero attached hydrogens (tertiary/aromatic N) is 1. The highest BCUT2D eigenvalue weighted by atomic mass is 15.1. The van der Waals surface area contributed by atoms with Gasteiger partial charge in [0.15, 0.2) is 0 Å². The molecule has 15 heavy (non-hydrogen) atoms. The molecular weight excluding hydrogens is 182 g/mol. The maximum absolute atomic E-state index is 2.62. The number of hydrogen-bond acceptors (Lipinski definition) is 1. The fraction of sp³-hybridized carbons (Fsp3) is 0.571. The molecule has 1 aromatic rings. The summed E-state index contributed by atoms with van der Waals surface area (Å²) in [6.07, 6.45) is 2.73. The summed E-state index contributed by atoms with van der Waals surface area (Å²) in [6.45, 7) is 6.10. The van der Waals surface area contributed by atoms with E-state index in [-0.39, 0.29) is 0 Å². The lowest BCUT2D eigenvalue weighted by atomic mass is 9.74. The summed E-state index contributed by atoms with van der Waals surface area (Å²) in [5.41, 5.74) is 3.25. The van der Waals surface area contributed by atoms with Crippen LogP contribution in [0.4, 0.5) is 0 Å². The Morgan fingerprint density at radius 1 is 1.27 bits per heavy atom. The van der Waals surface area contributed by atoms with Gasteiger partial charge in [-0.1, -0.05) is 31.2 Å². The van der Waals surface area contributed by atoms with Crippen LogP contribution in [0.5, 0.6) is 0 Å². The molecule has 2 atom stereocenters. The number of rotatable bonds is 1. The predicted molar refractivity (Wildman–Crippen MR) is 63.1 cm³/mol. The first-order valence-corrected chi connectivity index (χ1v) is 6.17. The zero-order valence-electron chi connectivity index (χ0n) is 9.45. The van der Waals surface area contributed by atoms with Gasteiger partial charge in [0.1, 0.15) is 0 Å². The molecule has 2 aliphatic rings. The molecule has 80 valence electrons. The average Bonchev–Trinajstić information content (AvgIpc) is 2.28. The van der Waals surface area contributed by atoms with Crippen LogP contribution in [-0.4, -0.2) is 24.5 Å². The largest absolute Gasteiger partial charge is 0.303 e. The van der Waals surface area contributed by atoms with Gasteiger partial charge in [-0.3, -0.25) is 0 Å². The molecule has 1 heteroatoms. The Bertz CT molecular complexity index is 358. The second-order valence-corrected chi connectivity index (χ2v) is 5.05. The van der Waals surface area contributed by atoms with Crippen molar-refractivity contribution in [2.75, 3.05) is 19.6 Å². The van der Waals surface area contributed by atoms with Crippen LogP contribution in [0.15, 0.2) is 24.3 Å². The van der Waals surface area contributed by atoms with Gasteiger partial charge in [0.25, 0.3) is 0 Å². The summed E-state index contributed by atoms with van der Waals surface area (Å²) < 4.78 is 0. The van der Waals surface area contributed by atoms with Gasteiger partial charge >= 0.3 is 0 Å². The minimum absolute atomic E-state index is 0.814. The van der Waals surface area contributed by atoms with Gasteiger partial charge in [-0.05, 0) is 42.3 Å². The maximum Gasteiger partial charge on any atom is 0.00505 e. The molecule has 0 spiro atoms. The summed E-state index contributed by atoms with van der Waals surface area (Å²) in [5.74, 6) is 1.73. The molecule has 0 aromatic heterocycles. The molecule has 1 aliphatic carbocycles. The van der Waals surface area contributed by atoms with Gasteiger partial charge < -0.3 is 4.90 Å². The lowest BCUT2D eigenvalue weighted by molar-refractivity contribution is 0.151. The monoisotopic (exact) mass is 201 g/mol. The zero-order chi connectivity index (χ0) is 10.3. The predicted octanol–water partition coefficient (Wildman–Crippen LogP) is 2.67. The molecule has 0 N–H and O–H groups in total. The molecule has 1 fully saturated rings. The first-order chi connectivity index (χ1) is 7.36. The van der Waals surface area contributed by atoms with E-state index in [2.05, 4.69) is 36.1 Å². The van der Waals surface area contributed by atoms with Crippen molar-refractivity contribution in [3.63, 3.8) is 0 Å². The van der Waals surface area contributed by atoms with Gasteiger partial charge in [-0.2, -0.15) is 0 Å². The molecule has 2 unspecified atom stereocenters. The van der Waals surface area contributed by atoms with E-state index in [0.717, 1.165) is 11.8 Å². The zero-order valence-corrected chi connectivity index (χ0v) is 9.45. The minimum Gasteiger partial charge on any atom is -0.303 e. The summed E-state index contributed by atoms with van der Waals surface area (Å²) >= 11 is 0. The number of benzene rings is 1. The summed E-state index contributed by atoms with van der Waals surface area (Å²) in [6, 6.07) is 9.06. The van der Waals surface area contributed by atoms with Crippen LogP contribution in [-0.2, 0) is 6.42 Å². The molecule has 1 saturated heterocycles. The van der Waals surface area contributed by atoms with Gasteiger partial charge in [0.05, 0.1) is 0 Å². The van der Waals surface area contributed by atoms with Gasteiger partial charge in [-0.15, -0.1) is 0 Å². The van der Waals surface area contributed by atoms with Crippen molar-refractivity contribution in [3.8, 4) is 0 Å². The van der Waals surface area contributed by atoms with Crippen LogP contribution in [0.2, 0.25) is 0 Å². The minimum atomic E-state index is 0.814. The Hall–Kier alpha value is -0.820. The highest BCUT2D eigenvalue weighted by Crippen LogP contribution is 2.38. The normalized spacial score (nSPS) is 29.9. The highest BCUT2D eigenvalue weighted by molar-refractivity contribution is 5.34. The van der Waals surface area contributed by atoms with Gasteiger partial charge in [-0.25, -0.2) is 0 Å². The van der Waals surface area contributed by atoms with Crippen molar-refractivity contribution in [2.24, 2.45) is 5.92 Å². The highest BCUT2D eigenvalue weighted by Gasteiger charge is 2.32. The fourth-order valence-electron chi connectivity index (χ4n) is 3.36. The third kappa shape index (κ3) is 1.59. The molecule has 1 nitrogen and oxygen atoms in total. The standard InChI is InChI=1S/C14H19N/c1-2-15-9-11-7-12-5-3-4-6-14(12)13(8-11)10-15/h3-6,11,13H,2,7-10H2,1H3. The van der Waals surface area contributed by atoms with E-state index < -0.39 is 0 Å². The Morgan fingerprint density at radius 2 is 2.13 bits per heavy atom. The number of hydrogen-bond donors (Lipinski definition) is 0. The topological polar surface area (TPSA) is 3.24 Å². The van der Waals surface area contributed by atoms with E-state index in [0.29, 0.717) is 0 Å². The summed E-state index contributed by atoms with van der Waals surface area (Å²) in [7, 11) is 0. The van der Waals surface area contributed by atoms with Crippen LogP contribution in [0, 0.1) is 5.92 Å². The number of fused-ring (bicyclic) bond motifs is 4. The van der Waals surface area contributed by atoms with E-state index in [1.54, 1.807) is 11.1 Å². The third-order valence-corrected chi connectivity index (χ3v) is 4.06. The summed E-state index contributed by atoms with van der Waals surface area (Å²) in [4.78, 5) is 2.62. The lowest BCUT2D eigenvalue weighted by Crippen LogP contribution is -2.42. The molecule has 3 rings (SSSR count). The van der Waals surface area contributed by atoms with Crippen LogP contribution in [0.25, 0.3) is 0 Å². The smallest absolute Gasteiger partial charge is 0.00505 e. The van der Waals surface area contributed by atoms with E-state index >= 15 is 0 Å². The van der Waals surface area contributed by atoms with Crippen molar-refractivity contribution < 1.29 is 0 Å². The number of piperidine rings is 1.